The molecule has 0 bridgehead atoms. The van der Waals surface area contributed by atoms with Gasteiger partial charge >= 0.3 is 5.97 Å². The summed E-state index contributed by atoms with van der Waals surface area (Å²) in [5.41, 5.74) is -0.135. The van der Waals surface area contributed by atoms with Gasteiger partial charge in [-0.05, 0) is 36.6 Å². The molecule has 31 heavy (non-hydrogen) atoms. The third-order valence-electron chi connectivity index (χ3n) is 7.01. The molecule has 3 aliphatic rings. The van der Waals surface area contributed by atoms with Crippen molar-refractivity contribution in [2.45, 2.75) is 50.0 Å². The van der Waals surface area contributed by atoms with Crippen LogP contribution in [0.1, 0.15) is 49.7 Å². The summed E-state index contributed by atoms with van der Waals surface area (Å²) in [6.07, 6.45) is 4.81. The minimum atomic E-state index is -1.37. The second-order valence-corrected chi connectivity index (χ2v) is 8.58. The van der Waals surface area contributed by atoms with Gasteiger partial charge in [-0.25, -0.2) is 0 Å². The summed E-state index contributed by atoms with van der Waals surface area (Å²) >= 11 is 0. The lowest BCUT2D eigenvalue weighted by atomic mass is 9.65. The number of benzene rings is 2. The average Bonchev–Trinajstić information content (AvgIpc) is 3.26. The zero-order chi connectivity index (χ0) is 21.6. The van der Waals surface area contributed by atoms with Crippen molar-refractivity contribution in [1.82, 2.24) is 4.90 Å². The van der Waals surface area contributed by atoms with Crippen LogP contribution in [0.5, 0.6) is 11.5 Å². The van der Waals surface area contributed by atoms with E-state index in [0.717, 1.165) is 32.1 Å². The molecule has 5 rings (SSSR count). The molecule has 160 valence electrons. The van der Waals surface area contributed by atoms with Crippen molar-refractivity contribution in [3.8, 4) is 11.5 Å². The molecule has 6 heteroatoms. The molecule has 0 aromatic heterocycles. The molecule has 2 atom stereocenters. The number of imide groups is 1. The summed E-state index contributed by atoms with van der Waals surface area (Å²) in [6, 6.07) is 14.3. The fraction of sp³-hybridized carbons (Fsp3) is 0.400. The SMILES string of the molecule is COc1ccc2c(c1)[C@@](c1ccccc1)([C@@H]1CC(=O)N(C3CCCCC3)C1=O)C(=O)O2. The van der Waals surface area contributed by atoms with Gasteiger partial charge in [0, 0.05) is 18.0 Å². The quantitative estimate of drug-likeness (QED) is 0.430. The third-order valence-corrected chi connectivity index (χ3v) is 7.01. The van der Waals surface area contributed by atoms with E-state index in [4.69, 9.17) is 9.47 Å². The maximum absolute atomic E-state index is 13.8. The molecule has 0 spiro atoms. The van der Waals surface area contributed by atoms with Gasteiger partial charge in [-0.2, -0.15) is 0 Å². The van der Waals surface area contributed by atoms with Gasteiger partial charge in [0.2, 0.25) is 11.8 Å². The van der Waals surface area contributed by atoms with Crippen molar-refractivity contribution >= 4 is 17.8 Å². The van der Waals surface area contributed by atoms with E-state index in [1.165, 1.54) is 4.90 Å². The Morgan fingerprint density at radius 3 is 2.45 bits per heavy atom. The van der Waals surface area contributed by atoms with E-state index < -0.39 is 17.3 Å². The normalized spacial score (nSPS) is 26.2. The van der Waals surface area contributed by atoms with Gasteiger partial charge in [0.25, 0.3) is 0 Å². The number of carbonyl (C=O) groups excluding carboxylic acids is 3. The number of hydrogen-bond acceptors (Lipinski definition) is 5. The number of rotatable bonds is 4. The van der Waals surface area contributed by atoms with Crippen LogP contribution >= 0.6 is 0 Å². The molecule has 0 unspecified atom stereocenters. The number of likely N-dealkylation sites (tertiary alicyclic amines) is 1. The molecule has 0 radical (unpaired) electrons. The predicted octanol–water partition coefficient (Wildman–Crippen LogP) is 3.61. The minimum absolute atomic E-state index is 0.00399. The van der Waals surface area contributed by atoms with Gasteiger partial charge in [0.1, 0.15) is 16.9 Å². The highest BCUT2D eigenvalue weighted by molar-refractivity contribution is 6.10. The maximum Gasteiger partial charge on any atom is 0.327 e. The Morgan fingerprint density at radius 1 is 1.00 bits per heavy atom. The van der Waals surface area contributed by atoms with Crippen molar-refractivity contribution in [2.75, 3.05) is 7.11 Å². The molecule has 2 aromatic carbocycles. The van der Waals surface area contributed by atoms with Gasteiger partial charge in [-0.3, -0.25) is 19.3 Å². The van der Waals surface area contributed by atoms with Crippen LogP contribution in [0.2, 0.25) is 0 Å². The van der Waals surface area contributed by atoms with Crippen LogP contribution < -0.4 is 9.47 Å². The highest BCUT2D eigenvalue weighted by Crippen LogP contribution is 2.53. The topological polar surface area (TPSA) is 72.9 Å². The highest BCUT2D eigenvalue weighted by Gasteiger charge is 2.62. The Labute approximate surface area is 181 Å². The van der Waals surface area contributed by atoms with Crippen LogP contribution in [0.4, 0.5) is 0 Å². The van der Waals surface area contributed by atoms with E-state index in [9.17, 15) is 14.4 Å². The molecule has 2 aliphatic heterocycles. The number of nitrogens with zero attached hydrogens (tertiary/aromatic N) is 1. The molecule has 2 heterocycles. The Bertz CT molecular complexity index is 1040. The Hall–Kier alpha value is -3.15. The van der Waals surface area contributed by atoms with Crippen molar-refractivity contribution in [3.05, 3.63) is 59.7 Å². The van der Waals surface area contributed by atoms with Crippen LogP contribution in [0, 0.1) is 5.92 Å². The van der Waals surface area contributed by atoms with E-state index >= 15 is 0 Å². The number of fused-ring (bicyclic) bond motifs is 1. The van der Waals surface area contributed by atoms with Crippen molar-refractivity contribution in [2.24, 2.45) is 5.92 Å². The van der Waals surface area contributed by atoms with E-state index in [-0.39, 0.29) is 24.3 Å². The molecule has 2 aromatic rings. The molecule has 2 fully saturated rings. The Morgan fingerprint density at radius 2 is 1.74 bits per heavy atom. The zero-order valence-electron chi connectivity index (χ0n) is 17.5. The second kappa shape index (κ2) is 7.52. The van der Waals surface area contributed by atoms with Crippen molar-refractivity contribution in [1.29, 1.82) is 0 Å². The Kier molecular flexibility index (Phi) is 4.80. The lowest BCUT2D eigenvalue weighted by molar-refractivity contribution is -0.147. The number of methoxy groups -OCH3 is 1. The van der Waals surface area contributed by atoms with E-state index in [2.05, 4.69) is 0 Å². The van der Waals surface area contributed by atoms with Gasteiger partial charge < -0.3 is 9.47 Å². The summed E-state index contributed by atoms with van der Waals surface area (Å²) in [5, 5.41) is 0. The first-order valence-electron chi connectivity index (χ1n) is 10.9. The summed E-state index contributed by atoms with van der Waals surface area (Å²) in [6.45, 7) is 0. The predicted molar refractivity (Wildman–Crippen MR) is 113 cm³/mol. The molecule has 1 aliphatic carbocycles. The zero-order valence-corrected chi connectivity index (χ0v) is 17.5. The number of ether oxygens (including phenoxy) is 2. The molecule has 6 nitrogen and oxygen atoms in total. The molecule has 2 amide bonds. The van der Waals surface area contributed by atoms with Crippen molar-refractivity contribution < 1.29 is 23.9 Å². The molecule has 1 saturated carbocycles. The van der Waals surface area contributed by atoms with Gasteiger partial charge in [0.15, 0.2) is 0 Å². The first-order chi connectivity index (χ1) is 15.1. The van der Waals surface area contributed by atoms with Crippen LogP contribution in [-0.4, -0.2) is 35.8 Å². The fourth-order valence-electron chi connectivity index (χ4n) is 5.54. The number of carbonyl (C=O) groups is 3. The maximum atomic E-state index is 13.8. The summed E-state index contributed by atoms with van der Waals surface area (Å²) in [7, 11) is 1.55. The average molecular weight is 419 g/mol. The first kappa shape index (κ1) is 19.8. The van der Waals surface area contributed by atoms with Crippen LogP contribution in [0.3, 0.4) is 0 Å². The lowest BCUT2D eigenvalue weighted by Crippen LogP contribution is -2.48. The van der Waals surface area contributed by atoms with E-state index in [1.54, 1.807) is 25.3 Å². The fourth-order valence-corrected chi connectivity index (χ4v) is 5.54. The lowest BCUT2D eigenvalue weighted by Gasteiger charge is -2.33. The molecular formula is C25H25NO5. The van der Waals surface area contributed by atoms with Crippen LogP contribution in [-0.2, 0) is 19.8 Å². The summed E-state index contributed by atoms with van der Waals surface area (Å²) in [5.74, 6) is -0.845. The van der Waals surface area contributed by atoms with Gasteiger partial charge in [0.05, 0.1) is 13.0 Å². The molecular weight excluding hydrogens is 394 g/mol. The molecule has 0 N–H and O–H groups in total. The minimum Gasteiger partial charge on any atom is -0.497 e. The van der Waals surface area contributed by atoms with E-state index in [0.29, 0.717) is 22.6 Å². The monoisotopic (exact) mass is 419 g/mol. The number of amides is 2. The van der Waals surface area contributed by atoms with Gasteiger partial charge in [-0.15, -0.1) is 0 Å². The highest BCUT2D eigenvalue weighted by atomic mass is 16.5. The van der Waals surface area contributed by atoms with Gasteiger partial charge in [-0.1, -0.05) is 49.6 Å². The Balaban J connectivity index is 1.67. The first-order valence-corrected chi connectivity index (χ1v) is 10.9. The number of hydrogen-bond donors (Lipinski definition) is 0. The summed E-state index contributed by atoms with van der Waals surface area (Å²) in [4.78, 5) is 41.8. The largest absolute Gasteiger partial charge is 0.497 e. The van der Waals surface area contributed by atoms with Crippen molar-refractivity contribution in [3.63, 3.8) is 0 Å². The third kappa shape index (κ3) is 2.88. The second-order valence-electron chi connectivity index (χ2n) is 8.58. The smallest absolute Gasteiger partial charge is 0.327 e. The molecule has 1 saturated heterocycles. The van der Waals surface area contributed by atoms with Crippen LogP contribution in [0.15, 0.2) is 48.5 Å². The standard InChI is InChI=1S/C25H25NO5/c1-30-18-12-13-21-19(14-18)25(24(29)31-21,16-8-4-2-5-9-16)20-15-22(27)26(23(20)28)17-10-6-3-7-11-17/h2,4-5,8-9,12-14,17,20H,3,6-7,10-11,15H2,1H3/t20-,25+/m1/s1. The summed E-state index contributed by atoms with van der Waals surface area (Å²) < 4.78 is 11.1. The number of esters is 1. The van der Waals surface area contributed by atoms with E-state index in [1.807, 2.05) is 30.3 Å². The van der Waals surface area contributed by atoms with Crippen LogP contribution in [0.25, 0.3) is 0 Å².